The molecule has 10 heteroatoms. The van der Waals surface area contributed by atoms with Gasteiger partial charge in [-0.3, -0.25) is 9.59 Å². The number of piperidine rings is 1. The predicted molar refractivity (Wildman–Crippen MR) is 148 cm³/mol. The van der Waals surface area contributed by atoms with E-state index in [4.69, 9.17) is 32.5 Å². The van der Waals surface area contributed by atoms with Crippen LogP contribution in [0.15, 0.2) is 40.9 Å². The van der Waals surface area contributed by atoms with E-state index in [1.165, 1.54) is 19.2 Å². The van der Waals surface area contributed by atoms with Crippen LogP contribution in [-0.2, 0) is 20.9 Å². The van der Waals surface area contributed by atoms with E-state index in [2.05, 4.69) is 14.8 Å². The van der Waals surface area contributed by atoms with Gasteiger partial charge in [0.05, 0.1) is 41.9 Å². The SMILES string of the molecule is COC(=O)CCC(=O)c1ccc(N2C[C@@H]3C[C@H]2C[C@H]3OCc2c(-c3c(Cl)cccc3Cl)noc2C2CC2)cc1F. The van der Waals surface area contributed by atoms with Crippen LogP contribution in [0.4, 0.5) is 10.1 Å². The Morgan fingerprint density at radius 1 is 1.12 bits per heavy atom. The summed E-state index contributed by atoms with van der Waals surface area (Å²) in [6.45, 7) is 1.10. The van der Waals surface area contributed by atoms with Gasteiger partial charge in [-0.1, -0.05) is 34.4 Å². The topological polar surface area (TPSA) is 81.9 Å². The fourth-order valence-electron chi connectivity index (χ4n) is 6.03. The highest BCUT2D eigenvalue weighted by atomic mass is 35.5. The summed E-state index contributed by atoms with van der Waals surface area (Å²) in [5.74, 6) is 0.0172. The molecular formula is C30H29Cl2FN2O5. The maximum absolute atomic E-state index is 14.9. The van der Waals surface area contributed by atoms with Crippen LogP contribution in [0.5, 0.6) is 0 Å². The highest BCUT2D eigenvalue weighted by Crippen LogP contribution is 2.47. The van der Waals surface area contributed by atoms with Crippen molar-refractivity contribution in [1.82, 2.24) is 5.16 Å². The summed E-state index contributed by atoms with van der Waals surface area (Å²) in [7, 11) is 1.26. The minimum absolute atomic E-state index is 0.00663. The van der Waals surface area contributed by atoms with Crippen molar-refractivity contribution in [3.05, 3.63) is 69.1 Å². The first-order valence-electron chi connectivity index (χ1n) is 13.5. The largest absolute Gasteiger partial charge is 0.469 e. The fraction of sp³-hybridized carbons (Fsp3) is 0.433. The molecular weight excluding hydrogens is 558 g/mol. The van der Waals surface area contributed by atoms with Gasteiger partial charge in [-0.05, 0) is 56.0 Å². The van der Waals surface area contributed by atoms with Crippen molar-refractivity contribution in [3.63, 3.8) is 0 Å². The van der Waals surface area contributed by atoms with Crippen molar-refractivity contribution in [2.24, 2.45) is 5.92 Å². The third kappa shape index (κ3) is 5.24. The molecule has 3 aliphatic rings. The number of hydrogen-bond donors (Lipinski definition) is 0. The summed E-state index contributed by atoms with van der Waals surface area (Å²) in [5.41, 5.74) is 2.95. The Labute approximate surface area is 241 Å². The lowest BCUT2D eigenvalue weighted by atomic mass is 10.0. The number of ether oxygens (including phenoxy) is 2. The average Bonchev–Trinajstić information content (AvgIpc) is 3.39. The number of carbonyl (C=O) groups is 2. The van der Waals surface area contributed by atoms with Gasteiger partial charge < -0.3 is 18.9 Å². The highest BCUT2D eigenvalue weighted by molar-refractivity contribution is 6.39. The van der Waals surface area contributed by atoms with Crippen LogP contribution in [0, 0.1) is 11.7 Å². The third-order valence-electron chi connectivity index (χ3n) is 8.25. The molecule has 0 amide bonds. The minimum atomic E-state index is -0.575. The van der Waals surface area contributed by atoms with Gasteiger partial charge in [-0.2, -0.15) is 0 Å². The number of Topliss-reactive ketones (excluding diaryl/α,β-unsaturated/α-hetero) is 1. The first kappa shape index (κ1) is 27.2. The van der Waals surface area contributed by atoms with Gasteiger partial charge in [-0.25, -0.2) is 4.39 Å². The Morgan fingerprint density at radius 2 is 1.90 bits per heavy atom. The number of ketones is 1. The number of fused-ring (bicyclic) bond motifs is 2. The molecule has 2 aromatic carbocycles. The van der Waals surface area contributed by atoms with Gasteiger partial charge in [0, 0.05) is 47.7 Å². The van der Waals surface area contributed by atoms with Crippen molar-refractivity contribution >= 4 is 40.6 Å². The number of halogens is 3. The number of carbonyl (C=O) groups excluding carboxylic acids is 2. The molecule has 2 heterocycles. The maximum atomic E-state index is 14.9. The zero-order chi connectivity index (χ0) is 28.0. The number of rotatable bonds is 10. The van der Waals surface area contributed by atoms with E-state index in [1.807, 2.05) is 0 Å². The number of esters is 1. The minimum Gasteiger partial charge on any atom is -0.469 e. The van der Waals surface area contributed by atoms with Gasteiger partial charge in [0.25, 0.3) is 0 Å². The van der Waals surface area contributed by atoms with E-state index in [-0.39, 0.29) is 30.6 Å². The average molecular weight is 587 g/mol. The van der Waals surface area contributed by atoms with Crippen LogP contribution < -0.4 is 4.90 Å². The van der Waals surface area contributed by atoms with E-state index in [9.17, 15) is 14.0 Å². The molecule has 1 aliphatic heterocycles. The first-order valence-corrected chi connectivity index (χ1v) is 14.3. The molecule has 7 nitrogen and oxygen atoms in total. The van der Waals surface area contributed by atoms with E-state index >= 15 is 0 Å². The number of anilines is 1. The summed E-state index contributed by atoms with van der Waals surface area (Å²) in [6, 6.07) is 10.3. The van der Waals surface area contributed by atoms with E-state index in [1.54, 1.807) is 24.3 Å². The fourth-order valence-corrected chi connectivity index (χ4v) is 6.60. The van der Waals surface area contributed by atoms with Crippen molar-refractivity contribution < 1.29 is 28.0 Å². The highest BCUT2D eigenvalue weighted by Gasteiger charge is 2.46. The van der Waals surface area contributed by atoms with Gasteiger partial charge in [-0.15, -0.1) is 0 Å². The van der Waals surface area contributed by atoms with Gasteiger partial charge in [0.1, 0.15) is 17.3 Å². The zero-order valence-corrected chi connectivity index (χ0v) is 23.5. The van der Waals surface area contributed by atoms with E-state index in [0.717, 1.165) is 49.2 Å². The summed E-state index contributed by atoms with van der Waals surface area (Å²) in [6.07, 6.45) is 3.79. The molecule has 3 aromatic rings. The number of benzene rings is 2. The third-order valence-corrected chi connectivity index (χ3v) is 8.88. The Bertz CT molecular complexity index is 1440. The number of aromatic nitrogens is 1. The zero-order valence-electron chi connectivity index (χ0n) is 22.0. The number of nitrogens with zero attached hydrogens (tertiary/aromatic N) is 2. The van der Waals surface area contributed by atoms with Crippen LogP contribution in [0.1, 0.15) is 66.1 Å². The van der Waals surface area contributed by atoms with Crippen LogP contribution in [0.25, 0.3) is 11.3 Å². The molecule has 0 unspecified atom stereocenters. The molecule has 0 N–H and O–H groups in total. The molecule has 0 spiro atoms. The molecule has 2 saturated carbocycles. The van der Waals surface area contributed by atoms with Crippen LogP contribution >= 0.6 is 23.2 Å². The maximum Gasteiger partial charge on any atom is 0.305 e. The van der Waals surface area contributed by atoms with Crippen molar-refractivity contribution in [2.75, 3.05) is 18.6 Å². The number of hydrogen-bond acceptors (Lipinski definition) is 7. The molecule has 2 bridgehead atoms. The standard InChI is InChI=1S/C30H29Cl2FN2O5/c1-38-27(37)10-9-25(36)20-8-7-18(12-24(20)33)35-14-17-11-19(35)13-26(17)39-15-21-29(34-40-30(21)16-5-6-16)28-22(31)3-2-4-23(28)32/h2-4,7-8,12,16-17,19,26H,5-6,9-11,13-15H2,1H3/t17-,19-,26+/m0/s1. The Morgan fingerprint density at radius 3 is 2.55 bits per heavy atom. The molecule has 6 rings (SSSR count). The normalized spacial score (nSPS) is 21.7. The summed E-state index contributed by atoms with van der Waals surface area (Å²) in [5, 5.41) is 5.39. The van der Waals surface area contributed by atoms with Crippen molar-refractivity contribution in [1.29, 1.82) is 0 Å². The molecule has 3 fully saturated rings. The van der Waals surface area contributed by atoms with Gasteiger partial charge in [0.2, 0.25) is 0 Å². The molecule has 210 valence electrons. The Balaban J connectivity index is 1.12. The molecule has 0 radical (unpaired) electrons. The predicted octanol–water partition coefficient (Wildman–Crippen LogP) is 6.98. The lowest BCUT2D eigenvalue weighted by Gasteiger charge is -2.33. The summed E-state index contributed by atoms with van der Waals surface area (Å²) < 4.78 is 31.7. The summed E-state index contributed by atoms with van der Waals surface area (Å²) in [4.78, 5) is 25.9. The van der Waals surface area contributed by atoms with Crippen LogP contribution in [0.3, 0.4) is 0 Å². The lowest BCUT2D eigenvalue weighted by molar-refractivity contribution is -0.140. The molecule has 1 aromatic heterocycles. The van der Waals surface area contributed by atoms with Crippen molar-refractivity contribution in [3.8, 4) is 11.3 Å². The van der Waals surface area contributed by atoms with Gasteiger partial charge in [0.15, 0.2) is 5.78 Å². The monoisotopic (exact) mass is 586 g/mol. The van der Waals surface area contributed by atoms with E-state index < -0.39 is 17.6 Å². The second-order valence-corrected chi connectivity index (χ2v) is 11.6. The van der Waals surface area contributed by atoms with Crippen LogP contribution in [-0.4, -0.2) is 42.7 Å². The molecule has 40 heavy (non-hydrogen) atoms. The van der Waals surface area contributed by atoms with E-state index in [0.29, 0.717) is 39.7 Å². The van der Waals surface area contributed by atoms with Crippen molar-refractivity contribution in [2.45, 2.75) is 63.2 Å². The molecule has 2 aliphatic carbocycles. The second-order valence-electron chi connectivity index (χ2n) is 10.8. The quantitative estimate of drug-likeness (QED) is 0.187. The first-order chi connectivity index (χ1) is 19.3. The lowest BCUT2D eigenvalue weighted by Crippen LogP contribution is -2.38. The molecule has 3 atom stereocenters. The Kier molecular flexibility index (Phi) is 7.59. The smallest absolute Gasteiger partial charge is 0.305 e. The molecule has 1 saturated heterocycles. The Hall–Kier alpha value is -2.94. The van der Waals surface area contributed by atoms with Gasteiger partial charge >= 0.3 is 5.97 Å². The van der Waals surface area contributed by atoms with Crippen LogP contribution in [0.2, 0.25) is 10.0 Å². The summed E-state index contributed by atoms with van der Waals surface area (Å²) >= 11 is 13.0. The second kappa shape index (κ2) is 11.1. The number of methoxy groups -OCH3 is 1.